The van der Waals surface area contributed by atoms with Crippen molar-refractivity contribution in [2.75, 3.05) is 19.2 Å². The number of urea groups is 1. The highest BCUT2D eigenvalue weighted by atomic mass is 16.7. The van der Waals surface area contributed by atoms with Gasteiger partial charge in [0.05, 0.1) is 13.2 Å². The lowest BCUT2D eigenvalue weighted by Gasteiger charge is -2.34. The third-order valence-electron chi connectivity index (χ3n) is 4.67. The smallest absolute Gasteiger partial charge is 0.319 e. The fourth-order valence-corrected chi connectivity index (χ4v) is 3.27. The van der Waals surface area contributed by atoms with Gasteiger partial charge in [0, 0.05) is 11.4 Å². The molecule has 2 heterocycles. The molecule has 2 atom stereocenters. The molecule has 8 heteroatoms. The number of hydrogen-bond acceptors (Lipinski definition) is 5. The summed E-state index contributed by atoms with van der Waals surface area (Å²) < 4.78 is 15.9. The van der Waals surface area contributed by atoms with E-state index in [1.165, 1.54) is 0 Å². The molecule has 0 spiro atoms. The third-order valence-corrected chi connectivity index (χ3v) is 4.67. The van der Waals surface area contributed by atoms with Crippen LogP contribution in [0.2, 0.25) is 0 Å². The summed E-state index contributed by atoms with van der Waals surface area (Å²) in [6.07, 6.45) is 0. The van der Waals surface area contributed by atoms with Crippen LogP contribution in [0, 0.1) is 5.92 Å². The molecular formula is C20H19N3O5. The minimum Gasteiger partial charge on any atom is -0.497 e. The van der Waals surface area contributed by atoms with Crippen LogP contribution in [0.25, 0.3) is 0 Å². The second kappa shape index (κ2) is 7.15. The Bertz CT molecular complexity index is 941. The van der Waals surface area contributed by atoms with Crippen LogP contribution in [0.15, 0.2) is 54.7 Å². The Hall–Kier alpha value is -3.68. The molecule has 28 heavy (non-hydrogen) atoms. The predicted octanol–water partition coefficient (Wildman–Crippen LogP) is 2.55. The molecule has 0 aliphatic carbocycles. The van der Waals surface area contributed by atoms with Gasteiger partial charge in [0.1, 0.15) is 11.7 Å². The summed E-state index contributed by atoms with van der Waals surface area (Å²) in [7, 11) is 1.57. The van der Waals surface area contributed by atoms with Gasteiger partial charge in [-0.1, -0.05) is 12.6 Å². The average molecular weight is 381 g/mol. The summed E-state index contributed by atoms with van der Waals surface area (Å²) >= 11 is 0. The zero-order valence-corrected chi connectivity index (χ0v) is 15.2. The fourth-order valence-electron chi connectivity index (χ4n) is 3.27. The van der Waals surface area contributed by atoms with Crippen molar-refractivity contribution in [2.45, 2.75) is 6.04 Å². The number of nitrogens with one attached hydrogen (secondary N) is 3. The van der Waals surface area contributed by atoms with Crippen LogP contribution >= 0.6 is 0 Å². The van der Waals surface area contributed by atoms with Crippen LogP contribution < -0.4 is 30.2 Å². The van der Waals surface area contributed by atoms with Gasteiger partial charge >= 0.3 is 6.03 Å². The number of carbonyl (C=O) groups is 2. The average Bonchev–Trinajstić information content (AvgIpc) is 3.15. The van der Waals surface area contributed by atoms with E-state index < -0.39 is 18.0 Å². The molecule has 2 aromatic carbocycles. The summed E-state index contributed by atoms with van der Waals surface area (Å²) in [4.78, 5) is 25.0. The third kappa shape index (κ3) is 3.32. The summed E-state index contributed by atoms with van der Waals surface area (Å²) in [6, 6.07) is 11.3. The molecule has 4 rings (SSSR count). The minimum atomic E-state index is -0.722. The van der Waals surface area contributed by atoms with E-state index in [1.807, 2.05) is 0 Å². The number of benzene rings is 2. The van der Waals surface area contributed by atoms with E-state index in [9.17, 15) is 9.59 Å². The van der Waals surface area contributed by atoms with Crippen molar-refractivity contribution in [3.05, 3.63) is 60.3 Å². The van der Waals surface area contributed by atoms with Crippen molar-refractivity contribution < 1.29 is 23.8 Å². The molecule has 144 valence electrons. The van der Waals surface area contributed by atoms with Gasteiger partial charge in [-0.3, -0.25) is 4.79 Å². The van der Waals surface area contributed by atoms with Crippen molar-refractivity contribution in [3.8, 4) is 17.2 Å². The van der Waals surface area contributed by atoms with E-state index in [1.54, 1.807) is 49.6 Å². The SMILES string of the molecule is C=C1NC(=O)N[C@H](c2ccc3c(c2)OCO3)[C@H]1C(=O)Nc1ccc(OC)cc1. The van der Waals surface area contributed by atoms with Crippen molar-refractivity contribution in [2.24, 2.45) is 5.92 Å². The summed E-state index contributed by atoms with van der Waals surface area (Å²) in [5, 5.41) is 8.24. The standard InChI is InChI=1S/C20H19N3O5/c1-11-17(19(24)22-13-4-6-14(26-2)7-5-13)18(23-20(25)21-11)12-3-8-15-16(9-12)28-10-27-15/h3-9,17-18H,1,10H2,2H3,(H,22,24)(H2,21,23,25)/t17-,18+/m0/s1. The van der Waals surface area contributed by atoms with Gasteiger partial charge in [0.15, 0.2) is 11.5 Å². The first-order valence-electron chi connectivity index (χ1n) is 8.66. The molecule has 0 aromatic heterocycles. The quantitative estimate of drug-likeness (QED) is 0.756. The lowest BCUT2D eigenvalue weighted by Crippen LogP contribution is -2.51. The minimum absolute atomic E-state index is 0.144. The number of rotatable bonds is 4. The highest BCUT2D eigenvalue weighted by Crippen LogP contribution is 2.38. The van der Waals surface area contributed by atoms with Crippen molar-refractivity contribution in [3.63, 3.8) is 0 Å². The van der Waals surface area contributed by atoms with Gasteiger partial charge in [0.2, 0.25) is 12.7 Å². The maximum Gasteiger partial charge on any atom is 0.319 e. The van der Waals surface area contributed by atoms with Gasteiger partial charge in [-0.15, -0.1) is 0 Å². The molecule has 0 saturated carbocycles. The normalized spacial score (nSPS) is 20.2. The first-order chi connectivity index (χ1) is 13.5. The Labute approximate surface area is 161 Å². The largest absolute Gasteiger partial charge is 0.497 e. The molecule has 0 radical (unpaired) electrons. The van der Waals surface area contributed by atoms with Crippen LogP contribution in [-0.4, -0.2) is 25.8 Å². The number of carbonyl (C=O) groups excluding carboxylic acids is 2. The highest BCUT2D eigenvalue weighted by molar-refractivity contribution is 5.97. The summed E-state index contributed by atoms with van der Waals surface area (Å²) in [6.45, 7) is 4.02. The van der Waals surface area contributed by atoms with E-state index in [2.05, 4.69) is 22.5 Å². The molecule has 1 saturated heterocycles. The van der Waals surface area contributed by atoms with Gasteiger partial charge in [0.25, 0.3) is 0 Å². The Morgan fingerprint density at radius 3 is 2.68 bits per heavy atom. The molecule has 8 nitrogen and oxygen atoms in total. The highest BCUT2D eigenvalue weighted by Gasteiger charge is 2.38. The zero-order chi connectivity index (χ0) is 19.7. The maximum absolute atomic E-state index is 13.0. The number of fused-ring (bicyclic) bond motifs is 1. The van der Waals surface area contributed by atoms with Crippen LogP contribution in [0.5, 0.6) is 17.2 Å². The van der Waals surface area contributed by atoms with Crippen LogP contribution in [0.3, 0.4) is 0 Å². The Kier molecular flexibility index (Phi) is 4.52. The lowest BCUT2D eigenvalue weighted by molar-refractivity contribution is -0.119. The van der Waals surface area contributed by atoms with Crippen LogP contribution in [0.1, 0.15) is 11.6 Å². The maximum atomic E-state index is 13.0. The van der Waals surface area contributed by atoms with E-state index in [0.717, 1.165) is 5.56 Å². The Balaban J connectivity index is 1.60. The van der Waals surface area contributed by atoms with Gasteiger partial charge in [-0.2, -0.15) is 0 Å². The molecule has 2 aliphatic rings. The molecule has 3 amide bonds. The van der Waals surface area contributed by atoms with Gasteiger partial charge in [-0.05, 0) is 42.0 Å². The van der Waals surface area contributed by atoms with E-state index in [0.29, 0.717) is 28.6 Å². The van der Waals surface area contributed by atoms with E-state index >= 15 is 0 Å². The zero-order valence-electron chi connectivity index (χ0n) is 15.2. The number of methoxy groups -OCH3 is 1. The molecular weight excluding hydrogens is 362 g/mol. The predicted molar refractivity (Wildman–Crippen MR) is 101 cm³/mol. The van der Waals surface area contributed by atoms with Crippen molar-refractivity contribution in [1.29, 1.82) is 0 Å². The number of ether oxygens (including phenoxy) is 3. The Morgan fingerprint density at radius 2 is 1.93 bits per heavy atom. The molecule has 0 bridgehead atoms. The molecule has 2 aromatic rings. The second-order valence-electron chi connectivity index (χ2n) is 6.41. The fraction of sp³-hybridized carbons (Fsp3) is 0.200. The topological polar surface area (TPSA) is 97.9 Å². The number of anilines is 1. The van der Waals surface area contributed by atoms with Crippen molar-refractivity contribution >= 4 is 17.6 Å². The molecule has 0 unspecified atom stereocenters. The van der Waals surface area contributed by atoms with Gasteiger partial charge < -0.3 is 30.2 Å². The summed E-state index contributed by atoms with van der Waals surface area (Å²) in [5.41, 5.74) is 1.65. The first kappa shape index (κ1) is 17.7. The molecule has 2 aliphatic heterocycles. The van der Waals surface area contributed by atoms with Gasteiger partial charge in [-0.25, -0.2) is 4.79 Å². The first-order valence-corrected chi connectivity index (χ1v) is 8.66. The second-order valence-corrected chi connectivity index (χ2v) is 6.41. The van der Waals surface area contributed by atoms with Crippen molar-refractivity contribution in [1.82, 2.24) is 10.6 Å². The Morgan fingerprint density at radius 1 is 1.18 bits per heavy atom. The van der Waals surface area contributed by atoms with Crippen LogP contribution in [-0.2, 0) is 4.79 Å². The monoisotopic (exact) mass is 381 g/mol. The van der Waals surface area contributed by atoms with Crippen LogP contribution in [0.4, 0.5) is 10.5 Å². The summed E-state index contributed by atoms with van der Waals surface area (Å²) in [5.74, 6) is 0.866. The number of hydrogen-bond donors (Lipinski definition) is 3. The van der Waals surface area contributed by atoms with E-state index in [-0.39, 0.29) is 12.7 Å². The van der Waals surface area contributed by atoms with E-state index in [4.69, 9.17) is 14.2 Å². The molecule has 3 N–H and O–H groups in total. The number of amides is 3. The molecule has 1 fully saturated rings. The lowest BCUT2D eigenvalue weighted by atomic mass is 9.88.